The first-order chi connectivity index (χ1) is 9.70. The number of benzene rings is 1. The second kappa shape index (κ2) is 7.18. The fourth-order valence-electron chi connectivity index (χ4n) is 1.65. The summed E-state index contributed by atoms with van der Waals surface area (Å²) in [5, 5.41) is 3.66. The molecule has 0 saturated heterocycles. The Kier molecular flexibility index (Phi) is 5.28. The lowest BCUT2D eigenvalue weighted by Crippen LogP contribution is -2.04. The Hall–Kier alpha value is -1.70. The summed E-state index contributed by atoms with van der Waals surface area (Å²) < 4.78 is 6.36. The topological polar surface area (TPSA) is 34.1 Å². The van der Waals surface area contributed by atoms with Crippen LogP contribution in [0.4, 0.5) is 5.69 Å². The molecule has 0 fully saturated rings. The quantitative estimate of drug-likeness (QED) is 0.650. The van der Waals surface area contributed by atoms with Crippen molar-refractivity contribution in [2.24, 2.45) is 0 Å². The number of rotatable bonds is 5. The number of pyridine rings is 1. The summed E-state index contributed by atoms with van der Waals surface area (Å²) in [7, 11) is 0. The van der Waals surface area contributed by atoms with Gasteiger partial charge in [-0.2, -0.15) is 0 Å². The number of para-hydroxylation sites is 1. The van der Waals surface area contributed by atoms with E-state index in [4.69, 9.17) is 22.8 Å². The van der Waals surface area contributed by atoms with Gasteiger partial charge in [-0.25, -0.2) is 4.98 Å². The maximum absolute atomic E-state index is 6.03. The molecule has 1 heterocycles. The van der Waals surface area contributed by atoms with Gasteiger partial charge in [0.05, 0.1) is 5.69 Å². The molecule has 0 saturated carbocycles. The lowest BCUT2D eigenvalue weighted by atomic mass is 10.2. The summed E-state index contributed by atoms with van der Waals surface area (Å²) in [6.07, 6.45) is 6.86. The number of nitrogens with one attached hydrogen (secondary N) is 1. The van der Waals surface area contributed by atoms with E-state index in [2.05, 4.69) is 32.2 Å². The molecule has 0 aliphatic rings. The molecule has 2 aromatic rings. The van der Waals surface area contributed by atoms with Crippen LogP contribution in [0.2, 0.25) is 5.15 Å². The molecule has 5 heteroatoms. The van der Waals surface area contributed by atoms with Crippen molar-refractivity contribution in [1.82, 2.24) is 4.98 Å². The molecule has 0 spiro atoms. The summed E-state index contributed by atoms with van der Waals surface area (Å²) in [4.78, 5) is 4.06. The van der Waals surface area contributed by atoms with Crippen LogP contribution in [0, 0.1) is 12.3 Å². The minimum Gasteiger partial charge on any atom is -0.481 e. The van der Waals surface area contributed by atoms with Crippen LogP contribution in [0.25, 0.3) is 0 Å². The highest BCUT2D eigenvalue weighted by molar-refractivity contribution is 9.10. The molecule has 1 aromatic carbocycles. The Morgan fingerprint density at radius 1 is 1.40 bits per heavy atom. The van der Waals surface area contributed by atoms with E-state index >= 15 is 0 Å². The second-order valence-electron chi connectivity index (χ2n) is 3.95. The van der Waals surface area contributed by atoms with Gasteiger partial charge in [-0.15, -0.1) is 6.42 Å². The van der Waals surface area contributed by atoms with Crippen molar-refractivity contribution in [3.8, 4) is 18.1 Å². The molecule has 0 aliphatic heterocycles. The van der Waals surface area contributed by atoms with Gasteiger partial charge < -0.3 is 10.1 Å². The number of terminal acetylenes is 1. The van der Waals surface area contributed by atoms with E-state index in [-0.39, 0.29) is 6.61 Å². The van der Waals surface area contributed by atoms with Gasteiger partial charge in [-0.3, -0.25) is 0 Å². The highest BCUT2D eigenvalue weighted by atomic mass is 79.9. The summed E-state index contributed by atoms with van der Waals surface area (Å²) >= 11 is 9.40. The summed E-state index contributed by atoms with van der Waals surface area (Å²) in [6.45, 7) is 0.814. The minimum absolute atomic E-state index is 0.246. The highest BCUT2D eigenvalue weighted by Gasteiger charge is 2.05. The third-order valence-corrected chi connectivity index (χ3v) is 3.29. The van der Waals surface area contributed by atoms with Gasteiger partial charge >= 0.3 is 0 Å². The van der Waals surface area contributed by atoms with Crippen molar-refractivity contribution >= 4 is 33.2 Å². The zero-order valence-electron chi connectivity index (χ0n) is 10.6. The van der Waals surface area contributed by atoms with Crippen molar-refractivity contribution in [1.29, 1.82) is 0 Å². The summed E-state index contributed by atoms with van der Waals surface area (Å²) in [6, 6.07) is 9.58. The summed E-state index contributed by atoms with van der Waals surface area (Å²) in [5.41, 5.74) is 1.76. The lowest BCUT2D eigenvalue weighted by molar-refractivity contribution is 0.366. The lowest BCUT2D eigenvalue weighted by Gasteiger charge is -2.12. The van der Waals surface area contributed by atoms with E-state index in [1.54, 1.807) is 6.20 Å². The number of hydrogen-bond donors (Lipinski definition) is 1. The molecule has 20 heavy (non-hydrogen) atoms. The molecule has 3 nitrogen and oxygen atoms in total. The van der Waals surface area contributed by atoms with E-state index in [1.807, 2.05) is 30.3 Å². The minimum atomic E-state index is 0.246. The van der Waals surface area contributed by atoms with Crippen molar-refractivity contribution in [2.45, 2.75) is 6.54 Å². The predicted octanol–water partition coefficient (Wildman–Crippen LogP) is 4.12. The Morgan fingerprint density at radius 2 is 2.20 bits per heavy atom. The first-order valence-corrected chi connectivity index (χ1v) is 7.07. The Bertz CT molecular complexity index is 640. The molecule has 2 rings (SSSR count). The first-order valence-electron chi connectivity index (χ1n) is 5.90. The van der Waals surface area contributed by atoms with Crippen LogP contribution in [0.1, 0.15) is 5.56 Å². The van der Waals surface area contributed by atoms with Crippen LogP contribution in [0.5, 0.6) is 5.75 Å². The van der Waals surface area contributed by atoms with Crippen molar-refractivity contribution in [2.75, 3.05) is 11.9 Å². The Morgan fingerprint density at radius 3 is 3.00 bits per heavy atom. The van der Waals surface area contributed by atoms with Crippen LogP contribution in [0.15, 0.2) is 41.0 Å². The van der Waals surface area contributed by atoms with Crippen molar-refractivity contribution in [3.63, 3.8) is 0 Å². The molecular formula is C15H12BrClN2O. The smallest absolute Gasteiger partial charge is 0.152 e. The molecule has 102 valence electrons. The number of halogens is 2. The number of anilines is 1. The van der Waals surface area contributed by atoms with Gasteiger partial charge in [0.2, 0.25) is 0 Å². The molecule has 0 atom stereocenters. The largest absolute Gasteiger partial charge is 0.481 e. The molecule has 1 aromatic heterocycles. The number of ether oxygens (including phenoxy) is 1. The standard InChI is InChI=1S/C15H12BrClN2O/c1-2-7-20-14-6-4-3-5-11(14)9-18-13-8-12(16)10-19-15(13)17/h1,3-6,8,10,18H,7,9H2. The van der Waals surface area contributed by atoms with Crippen LogP contribution >= 0.6 is 27.5 Å². The van der Waals surface area contributed by atoms with Crippen LogP contribution in [-0.4, -0.2) is 11.6 Å². The van der Waals surface area contributed by atoms with E-state index in [0.29, 0.717) is 11.7 Å². The SMILES string of the molecule is C#CCOc1ccccc1CNc1cc(Br)cnc1Cl. The van der Waals surface area contributed by atoms with Gasteiger partial charge in [0.1, 0.15) is 12.4 Å². The normalized spacial score (nSPS) is 9.85. The maximum atomic E-state index is 6.03. The van der Waals surface area contributed by atoms with E-state index < -0.39 is 0 Å². The van der Waals surface area contributed by atoms with Gasteiger partial charge in [0.15, 0.2) is 5.15 Å². The maximum Gasteiger partial charge on any atom is 0.152 e. The molecule has 0 aliphatic carbocycles. The van der Waals surface area contributed by atoms with Crippen LogP contribution in [-0.2, 0) is 6.54 Å². The number of hydrogen-bond acceptors (Lipinski definition) is 3. The zero-order chi connectivity index (χ0) is 14.4. The Labute approximate surface area is 131 Å². The monoisotopic (exact) mass is 350 g/mol. The molecule has 0 bridgehead atoms. The molecule has 0 radical (unpaired) electrons. The highest BCUT2D eigenvalue weighted by Crippen LogP contribution is 2.25. The van der Waals surface area contributed by atoms with Crippen LogP contribution < -0.4 is 10.1 Å². The molecule has 0 amide bonds. The van der Waals surface area contributed by atoms with Crippen LogP contribution in [0.3, 0.4) is 0 Å². The van der Waals surface area contributed by atoms with Crippen molar-refractivity contribution in [3.05, 3.63) is 51.7 Å². The number of aromatic nitrogens is 1. The van der Waals surface area contributed by atoms with Gasteiger partial charge in [-0.1, -0.05) is 35.7 Å². The molecular weight excluding hydrogens is 340 g/mol. The van der Waals surface area contributed by atoms with Gasteiger partial charge in [0.25, 0.3) is 0 Å². The first kappa shape index (κ1) is 14.7. The van der Waals surface area contributed by atoms with Gasteiger partial charge in [0, 0.05) is 22.8 Å². The van der Waals surface area contributed by atoms with Crippen molar-refractivity contribution < 1.29 is 4.74 Å². The molecule has 1 N–H and O–H groups in total. The average Bonchev–Trinajstić information content (AvgIpc) is 2.47. The van der Waals surface area contributed by atoms with E-state index in [0.717, 1.165) is 21.5 Å². The number of nitrogens with zero attached hydrogens (tertiary/aromatic N) is 1. The third kappa shape index (κ3) is 3.89. The predicted molar refractivity (Wildman–Crippen MR) is 85.0 cm³/mol. The Balaban J connectivity index is 2.11. The average molecular weight is 352 g/mol. The van der Waals surface area contributed by atoms with E-state index in [1.165, 1.54) is 0 Å². The fraction of sp³-hybridized carbons (Fsp3) is 0.133. The zero-order valence-corrected chi connectivity index (χ0v) is 12.9. The van der Waals surface area contributed by atoms with E-state index in [9.17, 15) is 0 Å². The fourth-order valence-corrected chi connectivity index (χ4v) is 2.15. The second-order valence-corrected chi connectivity index (χ2v) is 5.22. The summed E-state index contributed by atoms with van der Waals surface area (Å²) in [5.74, 6) is 3.21. The van der Waals surface area contributed by atoms with Gasteiger partial charge in [-0.05, 0) is 28.1 Å². The molecule has 0 unspecified atom stereocenters. The third-order valence-electron chi connectivity index (χ3n) is 2.56.